The summed E-state index contributed by atoms with van der Waals surface area (Å²) in [5, 5.41) is 14.7. The van der Waals surface area contributed by atoms with E-state index < -0.39 is 11.5 Å². The van der Waals surface area contributed by atoms with E-state index in [1.165, 1.54) is 0 Å². The molecule has 0 atom stereocenters. The summed E-state index contributed by atoms with van der Waals surface area (Å²) in [6.45, 7) is 2.25. The van der Waals surface area contributed by atoms with Crippen LogP contribution < -0.4 is 4.90 Å². The van der Waals surface area contributed by atoms with Crippen molar-refractivity contribution in [2.45, 2.75) is 19.0 Å². The zero-order chi connectivity index (χ0) is 43.0. The van der Waals surface area contributed by atoms with E-state index in [2.05, 4.69) is 47.4 Å². The number of esters is 1. The van der Waals surface area contributed by atoms with Crippen LogP contribution in [0.3, 0.4) is 0 Å². The minimum absolute atomic E-state index is 0.218. The third-order valence-electron chi connectivity index (χ3n) is 11.1. The van der Waals surface area contributed by atoms with Gasteiger partial charge in [0, 0.05) is 28.6 Å². The molecule has 7 aromatic carbocycles. The van der Waals surface area contributed by atoms with Crippen LogP contribution in [0, 0.1) is 0 Å². The first-order valence-electron chi connectivity index (χ1n) is 20.8. The van der Waals surface area contributed by atoms with Gasteiger partial charge in [-0.05, 0) is 88.0 Å². The van der Waals surface area contributed by atoms with Crippen molar-refractivity contribution in [2.24, 2.45) is 0 Å². The summed E-state index contributed by atoms with van der Waals surface area (Å²) in [4.78, 5) is 35.1. The molecule has 0 aliphatic heterocycles. The molecule has 0 fully saturated rings. The van der Waals surface area contributed by atoms with Gasteiger partial charge in [0.05, 0.1) is 24.4 Å². The van der Waals surface area contributed by atoms with Crippen LogP contribution in [-0.2, 0) is 16.8 Å². The predicted octanol–water partition coefficient (Wildman–Crippen LogP) is 10.9. The molecule has 306 valence electrons. The Morgan fingerprint density at radius 2 is 1.17 bits per heavy atom. The third-order valence-corrected chi connectivity index (χ3v) is 11.1. The quantitative estimate of drug-likeness (QED) is 0.0842. The Balaban J connectivity index is 1.05. The smallest absolute Gasteiger partial charge is 0.338 e. The molecule has 0 aliphatic rings. The van der Waals surface area contributed by atoms with Gasteiger partial charge in [-0.15, -0.1) is 15.0 Å². The van der Waals surface area contributed by atoms with Crippen LogP contribution in [0.2, 0.25) is 0 Å². The number of nitrogens with zero attached hydrogens (tertiary/aromatic N) is 6. The Labute approximate surface area is 365 Å². The maximum absolute atomic E-state index is 14.4. The molecule has 2 heterocycles. The highest BCUT2D eigenvalue weighted by atomic mass is 16.5. The molecule has 9 rings (SSSR count). The molecule has 2 aromatic heterocycles. The van der Waals surface area contributed by atoms with Crippen molar-refractivity contribution < 1.29 is 14.3 Å². The lowest BCUT2D eigenvalue weighted by molar-refractivity contribution is 0.0526. The molecule has 0 saturated carbocycles. The van der Waals surface area contributed by atoms with Crippen molar-refractivity contribution in [1.82, 2.24) is 25.2 Å². The van der Waals surface area contributed by atoms with Crippen LogP contribution in [0.1, 0.15) is 49.9 Å². The number of aromatic nitrogens is 5. The zero-order valence-corrected chi connectivity index (χ0v) is 34.5. The van der Waals surface area contributed by atoms with Gasteiger partial charge in [-0.1, -0.05) is 164 Å². The van der Waals surface area contributed by atoms with E-state index in [9.17, 15) is 9.59 Å². The van der Waals surface area contributed by atoms with Crippen LogP contribution >= 0.6 is 0 Å². The van der Waals surface area contributed by atoms with Crippen LogP contribution in [0.15, 0.2) is 212 Å². The van der Waals surface area contributed by atoms with E-state index in [1.54, 1.807) is 41.0 Å². The number of ether oxygens (including phenoxy) is 1. The first kappa shape index (κ1) is 40.1. The molecule has 0 N–H and O–H groups in total. The predicted molar refractivity (Wildman–Crippen MR) is 246 cm³/mol. The Morgan fingerprint density at radius 1 is 0.587 bits per heavy atom. The maximum Gasteiger partial charge on any atom is 0.338 e. The molecule has 9 aromatic rings. The van der Waals surface area contributed by atoms with Gasteiger partial charge in [0.2, 0.25) is 5.82 Å². The fraction of sp³-hybridized carbons (Fsp3) is 0.0741. The molecule has 0 aliphatic carbocycles. The lowest BCUT2D eigenvalue weighted by Gasteiger charge is -2.34. The average molecular weight is 823 g/mol. The summed E-state index contributed by atoms with van der Waals surface area (Å²) in [6, 6.07) is 67.1. The van der Waals surface area contributed by atoms with Gasteiger partial charge in [-0.3, -0.25) is 9.78 Å². The monoisotopic (exact) mass is 822 g/mol. The fourth-order valence-corrected chi connectivity index (χ4v) is 8.02. The second-order valence-electron chi connectivity index (χ2n) is 14.9. The maximum atomic E-state index is 14.4. The molecular formula is C54H42N6O3. The van der Waals surface area contributed by atoms with Crippen molar-refractivity contribution >= 4 is 17.6 Å². The third kappa shape index (κ3) is 8.15. The Morgan fingerprint density at radius 3 is 1.78 bits per heavy atom. The van der Waals surface area contributed by atoms with Crippen LogP contribution in [0.5, 0.6) is 0 Å². The lowest BCUT2D eigenvalue weighted by Crippen LogP contribution is -2.39. The molecule has 9 nitrogen and oxygen atoms in total. The SMILES string of the molecule is CCOC(=O)c1cccc(N(Cc2ccc(-c3ccccc3-c3nnn(C(c4ccccc4)(c4ccccc4)c4ccccc4)n3)cc2)C(=O)c2ccc(-c3ccccn3)cc2)c1. The van der Waals surface area contributed by atoms with Crippen LogP contribution in [0.4, 0.5) is 5.69 Å². The topological polar surface area (TPSA) is 103 Å². The Kier molecular flexibility index (Phi) is 11.5. The number of pyridine rings is 1. The summed E-state index contributed by atoms with van der Waals surface area (Å²) < 4.78 is 5.29. The van der Waals surface area contributed by atoms with E-state index >= 15 is 0 Å². The van der Waals surface area contributed by atoms with Gasteiger partial charge in [-0.25, -0.2) is 4.79 Å². The van der Waals surface area contributed by atoms with Gasteiger partial charge < -0.3 is 9.64 Å². The fourth-order valence-electron chi connectivity index (χ4n) is 8.02. The summed E-state index contributed by atoms with van der Waals surface area (Å²) in [5.74, 6) is -0.186. The molecular weight excluding hydrogens is 781 g/mol. The van der Waals surface area contributed by atoms with E-state index in [0.717, 1.165) is 50.2 Å². The number of carbonyl (C=O) groups is 2. The number of carbonyl (C=O) groups excluding carboxylic acids is 2. The summed E-state index contributed by atoms with van der Waals surface area (Å²) >= 11 is 0. The number of rotatable bonds is 13. The largest absolute Gasteiger partial charge is 0.462 e. The van der Waals surface area contributed by atoms with Crippen molar-refractivity contribution in [2.75, 3.05) is 11.5 Å². The first-order valence-corrected chi connectivity index (χ1v) is 20.8. The minimum atomic E-state index is -0.911. The highest BCUT2D eigenvalue weighted by Crippen LogP contribution is 2.40. The summed E-state index contributed by atoms with van der Waals surface area (Å²) in [7, 11) is 0. The van der Waals surface area contributed by atoms with Crippen molar-refractivity contribution in [1.29, 1.82) is 0 Å². The van der Waals surface area contributed by atoms with Crippen LogP contribution in [0.25, 0.3) is 33.8 Å². The second-order valence-corrected chi connectivity index (χ2v) is 14.9. The normalized spacial score (nSPS) is 11.2. The van der Waals surface area contributed by atoms with E-state index in [-0.39, 0.29) is 19.1 Å². The number of tetrazole rings is 1. The molecule has 0 bridgehead atoms. The van der Waals surface area contributed by atoms with Gasteiger partial charge in [0.1, 0.15) is 0 Å². The zero-order valence-electron chi connectivity index (χ0n) is 34.5. The molecule has 0 saturated heterocycles. The minimum Gasteiger partial charge on any atom is -0.462 e. The molecule has 0 radical (unpaired) electrons. The number of hydrogen-bond donors (Lipinski definition) is 0. The summed E-state index contributed by atoms with van der Waals surface area (Å²) in [5.41, 5.74) is 8.81. The molecule has 0 spiro atoms. The Bertz CT molecular complexity index is 2860. The standard InChI is InChI=1S/C54H42N6O3/c1-2-63-53(62)43-17-16-24-47(37-43)59(52(61)42-34-32-41(33-35-42)50-27-14-15-36-55-50)38-39-28-30-40(31-29-39)48-25-12-13-26-49(48)51-56-58-60(57-51)54(44-18-6-3-7-19-44,45-20-8-4-9-21-45)46-22-10-5-11-23-46/h3-37H,2,38H2,1H3. The van der Waals surface area contributed by atoms with E-state index in [4.69, 9.17) is 20.1 Å². The van der Waals surface area contributed by atoms with Gasteiger partial charge in [0.25, 0.3) is 5.91 Å². The van der Waals surface area contributed by atoms with Gasteiger partial charge >= 0.3 is 5.97 Å². The number of amides is 1. The number of anilines is 1. The highest BCUT2D eigenvalue weighted by Gasteiger charge is 2.41. The van der Waals surface area contributed by atoms with Crippen LogP contribution in [-0.4, -0.2) is 43.7 Å². The summed E-state index contributed by atoms with van der Waals surface area (Å²) in [6.07, 6.45) is 1.74. The molecule has 0 unspecified atom stereocenters. The van der Waals surface area contributed by atoms with Gasteiger partial charge in [-0.2, -0.15) is 0 Å². The molecule has 9 heteroatoms. The van der Waals surface area contributed by atoms with E-state index in [0.29, 0.717) is 22.6 Å². The lowest BCUT2D eigenvalue weighted by atomic mass is 9.77. The highest BCUT2D eigenvalue weighted by molar-refractivity contribution is 6.06. The van der Waals surface area contributed by atoms with Crippen molar-refractivity contribution in [3.8, 4) is 33.8 Å². The average Bonchev–Trinajstić information content (AvgIpc) is 3.85. The number of benzene rings is 7. The van der Waals surface area contributed by atoms with Crippen molar-refractivity contribution in [3.63, 3.8) is 0 Å². The van der Waals surface area contributed by atoms with Crippen molar-refractivity contribution in [3.05, 3.63) is 246 Å². The van der Waals surface area contributed by atoms with E-state index in [1.807, 2.05) is 146 Å². The molecule has 63 heavy (non-hydrogen) atoms. The van der Waals surface area contributed by atoms with Gasteiger partial charge in [0.15, 0.2) is 5.54 Å². The number of hydrogen-bond acceptors (Lipinski definition) is 7. The Hall–Kier alpha value is -8.30. The molecule has 1 amide bonds. The second kappa shape index (κ2) is 18.1. The first-order chi connectivity index (χ1) is 31.0.